The van der Waals surface area contributed by atoms with Gasteiger partial charge in [-0.2, -0.15) is 4.31 Å². The molecule has 0 saturated carbocycles. The van der Waals surface area contributed by atoms with Gasteiger partial charge in [0.1, 0.15) is 4.88 Å². The Morgan fingerprint density at radius 1 is 1.09 bits per heavy atom. The highest BCUT2D eigenvalue weighted by Gasteiger charge is 2.32. The molecule has 0 bridgehead atoms. The van der Waals surface area contributed by atoms with Crippen molar-refractivity contribution >= 4 is 49.0 Å². The fourth-order valence-electron chi connectivity index (χ4n) is 4.00. The van der Waals surface area contributed by atoms with Crippen LogP contribution in [0.4, 0.5) is 5.00 Å². The fourth-order valence-corrected chi connectivity index (χ4v) is 6.48. The number of rotatable bonds is 6. The van der Waals surface area contributed by atoms with Crippen LogP contribution in [-0.4, -0.2) is 44.3 Å². The second-order valence-electron chi connectivity index (χ2n) is 8.02. The van der Waals surface area contributed by atoms with E-state index in [0.29, 0.717) is 29.3 Å². The molecule has 0 radical (unpaired) electrons. The van der Waals surface area contributed by atoms with Crippen LogP contribution < -0.4 is 5.32 Å². The molecule has 33 heavy (non-hydrogen) atoms. The number of fused-ring (bicyclic) bond motifs is 1. The maximum Gasteiger partial charge on any atom is 0.348 e. The van der Waals surface area contributed by atoms with Crippen molar-refractivity contribution in [1.29, 1.82) is 0 Å². The number of carbonyl (C=O) groups excluding carboxylic acids is 2. The zero-order valence-corrected chi connectivity index (χ0v) is 20.2. The Bertz CT molecular complexity index is 1290. The summed E-state index contributed by atoms with van der Waals surface area (Å²) in [6, 6.07) is 14.5. The van der Waals surface area contributed by atoms with Gasteiger partial charge in [-0.1, -0.05) is 30.3 Å². The van der Waals surface area contributed by atoms with Crippen LogP contribution in [0.1, 0.15) is 35.0 Å². The van der Waals surface area contributed by atoms with Crippen LogP contribution in [0, 0.1) is 12.8 Å². The number of hydrogen-bond acceptors (Lipinski definition) is 6. The van der Waals surface area contributed by atoms with Gasteiger partial charge >= 0.3 is 5.97 Å². The molecule has 3 aromatic rings. The number of ether oxygens (including phenoxy) is 1. The van der Waals surface area contributed by atoms with Crippen molar-refractivity contribution in [3.63, 3.8) is 0 Å². The Kier molecular flexibility index (Phi) is 6.83. The van der Waals surface area contributed by atoms with Crippen LogP contribution in [0.2, 0.25) is 0 Å². The summed E-state index contributed by atoms with van der Waals surface area (Å²) in [5, 5.41) is 5.33. The molecule has 7 nitrogen and oxygen atoms in total. The van der Waals surface area contributed by atoms with Crippen molar-refractivity contribution in [2.45, 2.75) is 31.6 Å². The lowest BCUT2D eigenvalue weighted by atomic mass is 9.97. The molecule has 2 heterocycles. The number of benzene rings is 2. The van der Waals surface area contributed by atoms with Crippen LogP contribution in [0.15, 0.2) is 53.4 Å². The zero-order valence-electron chi connectivity index (χ0n) is 18.5. The molecule has 0 spiro atoms. The van der Waals surface area contributed by atoms with E-state index in [9.17, 15) is 18.0 Å². The van der Waals surface area contributed by atoms with Gasteiger partial charge in [0.15, 0.2) is 0 Å². The molecule has 9 heteroatoms. The first kappa shape index (κ1) is 23.4. The number of nitrogens with zero attached hydrogens (tertiary/aromatic N) is 1. The first-order chi connectivity index (χ1) is 15.8. The number of piperidine rings is 1. The molecular formula is C24H26N2O5S2. The van der Waals surface area contributed by atoms with E-state index in [1.54, 1.807) is 32.0 Å². The van der Waals surface area contributed by atoms with Crippen molar-refractivity contribution in [2.75, 3.05) is 25.0 Å². The van der Waals surface area contributed by atoms with E-state index in [0.717, 1.165) is 16.3 Å². The molecule has 0 aliphatic carbocycles. The largest absolute Gasteiger partial charge is 0.462 e. The van der Waals surface area contributed by atoms with E-state index in [1.807, 2.05) is 30.3 Å². The monoisotopic (exact) mass is 486 g/mol. The van der Waals surface area contributed by atoms with Gasteiger partial charge in [-0.15, -0.1) is 11.3 Å². The normalized spacial score (nSPS) is 15.5. The van der Waals surface area contributed by atoms with E-state index in [1.165, 1.54) is 15.6 Å². The van der Waals surface area contributed by atoms with Crippen LogP contribution in [0.3, 0.4) is 0 Å². The summed E-state index contributed by atoms with van der Waals surface area (Å²) in [5.41, 5.74) is 0.755. The van der Waals surface area contributed by atoms with E-state index < -0.39 is 16.0 Å². The van der Waals surface area contributed by atoms with Crippen LogP contribution in [-0.2, 0) is 19.6 Å². The quantitative estimate of drug-likeness (QED) is 0.521. The first-order valence-corrected chi connectivity index (χ1v) is 13.1. The maximum absolute atomic E-state index is 13.1. The molecular weight excluding hydrogens is 460 g/mol. The molecule has 174 valence electrons. The summed E-state index contributed by atoms with van der Waals surface area (Å²) >= 11 is 1.19. The van der Waals surface area contributed by atoms with Gasteiger partial charge in [-0.05, 0) is 61.2 Å². The number of sulfonamides is 1. The smallest absolute Gasteiger partial charge is 0.348 e. The Labute approximate surface area is 197 Å². The van der Waals surface area contributed by atoms with Gasteiger partial charge in [0.2, 0.25) is 15.9 Å². The highest BCUT2D eigenvalue weighted by molar-refractivity contribution is 7.89. The van der Waals surface area contributed by atoms with Gasteiger partial charge in [0.05, 0.1) is 16.5 Å². The lowest BCUT2D eigenvalue weighted by molar-refractivity contribution is -0.120. The van der Waals surface area contributed by atoms with Crippen molar-refractivity contribution in [3.8, 4) is 0 Å². The summed E-state index contributed by atoms with van der Waals surface area (Å²) in [6.07, 6.45) is 0.876. The second-order valence-corrected chi connectivity index (χ2v) is 11.0. The number of nitrogens with one attached hydrogen (secondary N) is 1. The van der Waals surface area contributed by atoms with Gasteiger partial charge in [0, 0.05) is 19.0 Å². The highest BCUT2D eigenvalue weighted by atomic mass is 32.2. The number of esters is 1. The SMILES string of the molecule is CCOC(=O)c1sc(NC(=O)C2CCN(S(=O)(=O)c3ccc4ccccc4c3)CC2)cc1C. The molecule has 1 aromatic heterocycles. The Morgan fingerprint density at radius 2 is 1.79 bits per heavy atom. The number of amides is 1. The molecule has 0 unspecified atom stereocenters. The molecule has 2 aromatic carbocycles. The van der Waals surface area contributed by atoms with Crippen molar-refractivity contribution < 1.29 is 22.7 Å². The van der Waals surface area contributed by atoms with Crippen LogP contribution in [0.5, 0.6) is 0 Å². The van der Waals surface area contributed by atoms with Crippen LogP contribution >= 0.6 is 11.3 Å². The third kappa shape index (κ3) is 4.95. The lowest BCUT2D eigenvalue weighted by Gasteiger charge is -2.30. The van der Waals surface area contributed by atoms with Crippen molar-refractivity contribution in [3.05, 3.63) is 59.0 Å². The predicted octanol–water partition coefficient (Wildman–Crippen LogP) is 4.43. The topological polar surface area (TPSA) is 92.8 Å². The Balaban J connectivity index is 1.39. The standard InChI is InChI=1S/C24H26N2O5S2/c1-3-31-24(28)22-16(2)14-21(32-22)25-23(27)18-10-12-26(13-11-18)33(29,30)20-9-8-17-6-4-5-7-19(17)15-20/h4-9,14-15,18H,3,10-13H2,1-2H3,(H,25,27). The Morgan fingerprint density at radius 3 is 2.48 bits per heavy atom. The first-order valence-electron chi connectivity index (χ1n) is 10.9. The van der Waals surface area contributed by atoms with Crippen LogP contribution in [0.25, 0.3) is 10.8 Å². The minimum absolute atomic E-state index is 0.158. The molecule has 1 aliphatic rings. The van der Waals surface area contributed by atoms with E-state index in [2.05, 4.69) is 5.32 Å². The molecule has 0 atom stereocenters. The highest BCUT2D eigenvalue weighted by Crippen LogP contribution is 2.30. The summed E-state index contributed by atoms with van der Waals surface area (Å²) < 4.78 is 32.8. The second kappa shape index (κ2) is 9.62. The molecule has 1 amide bonds. The molecule has 1 saturated heterocycles. The van der Waals surface area contributed by atoms with Gasteiger partial charge < -0.3 is 10.1 Å². The molecule has 1 N–H and O–H groups in total. The minimum Gasteiger partial charge on any atom is -0.462 e. The van der Waals surface area contributed by atoms with Gasteiger partial charge in [-0.3, -0.25) is 4.79 Å². The molecule has 1 fully saturated rings. The summed E-state index contributed by atoms with van der Waals surface area (Å²) in [7, 11) is -3.63. The van der Waals surface area contributed by atoms with Gasteiger partial charge in [-0.25, -0.2) is 13.2 Å². The van der Waals surface area contributed by atoms with Crippen molar-refractivity contribution in [1.82, 2.24) is 4.31 Å². The Hall–Kier alpha value is -2.75. The molecule has 1 aliphatic heterocycles. The average Bonchev–Trinajstić information content (AvgIpc) is 3.18. The van der Waals surface area contributed by atoms with E-state index in [-0.39, 0.29) is 29.8 Å². The summed E-state index contributed by atoms with van der Waals surface area (Å²) in [5.74, 6) is -0.844. The summed E-state index contributed by atoms with van der Waals surface area (Å²) in [6.45, 7) is 4.40. The van der Waals surface area contributed by atoms with Crippen molar-refractivity contribution in [2.24, 2.45) is 5.92 Å². The number of anilines is 1. The van der Waals surface area contributed by atoms with E-state index in [4.69, 9.17) is 4.74 Å². The molecule has 4 rings (SSSR count). The number of carbonyl (C=O) groups is 2. The lowest BCUT2D eigenvalue weighted by Crippen LogP contribution is -2.41. The number of aryl methyl sites for hydroxylation is 1. The third-order valence-corrected chi connectivity index (χ3v) is 8.84. The number of thiophene rings is 1. The predicted molar refractivity (Wildman–Crippen MR) is 129 cm³/mol. The van der Waals surface area contributed by atoms with Gasteiger partial charge in [0.25, 0.3) is 0 Å². The third-order valence-electron chi connectivity index (χ3n) is 5.81. The zero-order chi connectivity index (χ0) is 23.6. The fraction of sp³-hybridized carbons (Fsp3) is 0.333. The maximum atomic E-state index is 13.1. The number of hydrogen-bond donors (Lipinski definition) is 1. The minimum atomic E-state index is -3.63. The van der Waals surface area contributed by atoms with E-state index >= 15 is 0 Å². The summed E-state index contributed by atoms with van der Waals surface area (Å²) in [4.78, 5) is 25.5. The average molecular weight is 487 g/mol.